The van der Waals surface area contributed by atoms with Gasteiger partial charge < -0.3 is 10.4 Å². The van der Waals surface area contributed by atoms with Crippen LogP contribution in [0.5, 0.6) is 5.75 Å². The summed E-state index contributed by atoms with van der Waals surface area (Å²) in [6.07, 6.45) is 2.47. The number of hydrogen-bond acceptors (Lipinski definition) is 3. The van der Waals surface area contributed by atoms with Crippen LogP contribution < -0.4 is 5.32 Å². The van der Waals surface area contributed by atoms with Crippen molar-refractivity contribution in [3.05, 3.63) is 29.6 Å². The highest BCUT2D eigenvalue weighted by Crippen LogP contribution is 2.17. The molecule has 2 atom stereocenters. The fourth-order valence-electron chi connectivity index (χ4n) is 1.39. The van der Waals surface area contributed by atoms with Gasteiger partial charge in [0.15, 0.2) is 0 Å². The van der Waals surface area contributed by atoms with Gasteiger partial charge in [0.05, 0.1) is 0 Å². The van der Waals surface area contributed by atoms with Crippen LogP contribution >= 0.6 is 0 Å². The first-order valence-corrected chi connectivity index (χ1v) is 7.13. The minimum absolute atomic E-state index is 0.0889. The average Bonchev–Trinajstić information content (AvgIpc) is 2.28. The zero-order chi connectivity index (χ0) is 12.8. The molecule has 1 aromatic carbocycles. The predicted octanol–water partition coefficient (Wildman–Crippen LogP) is 1.78. The molecule has 0 saturated heterocycles. The number of aromatic hydroxyl groups is 1. The van der Waals surface area contributed by atoms with Gasteiger partial charge in [0.2, 0.25) is 0 Å². The molecule has 0 amide bonds. The van der Waals surface area contributed by atoms with Crippen LogP contribution in [0.15, 0.2) is 18.2 Å². The Kier molecular flexibility index (Phi) is 5.58. The number of hydrogen-bond donors (Lipinski definition) is 2. The Bertz CT molecular complexity index is 398. The molecule has 0 aliphatic rings. The van der Waals surface area contributed by atoms with Crippen LogP contribution in [0.3, 0.4) is 0 Å². The van der Waals surface area contributed by atoms with E-state index in [9.17, 15) is 13.7 Å². The lowest BCUT2D eigenvalue weighted by atomic mass is 10.2. The Labute approximate surface area is 104 Å². The van der Waals surface area contributed by atoms with E-state index in [1.165, 1.54) is 18.2 Å². The lowest BCUT2D eigenvalue weighted by Crippen LogP contribution is -2.21. The van der Waals surface area contributed by atoms with Crippen molar-refractivity contribution in [2.75, 3.05) is 12.8 Å². The van der Waals surface area contributed by atoms with Gasteiger partial charge >= 0.3 is 0 Å². The number of phenolic OH excluding ortho intramolecular Hbond substituents is 1. The molecule has 0 saturated carbocycles. The molecule has 0 fully saturated rings. The maximum atomic E-state index is 12.9. The van der Waals surface area contributed by atoms with Gasteiger partial charge in [0.25, 0.3) is 0 Å². The summed E-state index contributed by atoms with van der Waals surface area (Å²) in [5.41, 5.74) is 0.537. The summed E-state index contributed by atoms with van der Waals surface area (Å²) in [7, 11) is -0.816. The smallest absolute Gasteiger partial charge is 0.123 e. The monoisotopic (exact) mass is 259 g/mol. The first-order valence-electron chi connectivity index (χ1n) is 5.51. The van der Waals surface area contributed by atoms with Crippen LogP contribution in [-0.4, -0.2) is 27.4 Å². The molecule has 2 unspecified atom stereocenters. The highest BCUT2D eigenvalue weighted by atomic mass is 32.2. The third kappa shape index (κ3) is 4.83. The van der Waals surface area contributed by atoms with Crippen molar-refractivity contribution in [1.82, 2.24) is 5.32 Å². The van der Waals surface area contributed by atoms with E-state index in [0.717, 1.165) is 6.42 Å². The second-order valence-electron chi connectivity index (χ2n) is 4.05. The lowest BCUT2D eigenvalue weighted by Gasteiger charge is -2.10. The zero-order valence-electron chi connectivity index (χ0n) is 10.1. The van der Waals surface area contributed by atoms with Gasteiger partial charge in [-0.15, -0.1) is 0 Å². The summed E-state index contributed by atoms with van der Waals surface area (Å²) in [6, 6.07) is 3.88. The van der Waals surface area contributed by atoms with E-state index in [1.54, 1.807) is 6.26 Å². The molecule has 2 N–H and O–H groups in total. The second kappa shape index (κ2) is 6.71. The number of rotatable bonds is 6. The summed E-state index contributed by atoms with van der Waals surface area (Å²) in [4.78, 5) is 0. The van der Waals surface area contributed by atoms with Crippen LogP contribution in [0.25, 0.3) is 0 Å². The summed E-state index contributed by atoms with van der Waals surface area (Å²) in [6.45, 7) is 3.03. The molecule has 1 aromatic rings. The predicted molar refractivity (Wildman–Crippen MR) is 67.9 cm³/mol. The zero-order valence-corrected chi connectivity index (χ0v) is 10.9. The Morgan fingerprint density at radius 2 is 2.24 bits per heavy atom. The van der Waals surface area contributed by atoms with E-state index in [2.05, 4.69) is 5.32 Å². The summed E-state index contributed by atoms with van der Waals surface area (Å²) < 4.78 is 24.0. The van der Waals surface area contributed by atoms with E-state index in [4.69, 9.17) is 0 Å². The Morgan fingerprint density at radius 3 is 2.88 bits per heavy atom. The maximum Gasteiger partial charge on any atom is 0.123 e. The van der Waals surface area contributed by atoms with Gasteiger partial charge in [-0.3, -0.25) is 4.21 Å². The van der Waals surface area contributed by atoms with Crippen molar-refractivity contribution in [2.45, 2.75) is 25.1 Å². The highest BCUT2D eigenvalue weighted by molar-refractivity contribution is 7.84. The molecule has 5 heteroatoms. The number of benzene rings is 1. The standard InChI is InChI=1S/C12H18FNO2S/c1-9(17(2)16)5-6-14-8-10-7-11(13)3-4-12(10)15/h3-4,7,9,14-15H,5-6,8H2,1-2H3. The first kappa shape index (κ1) is 14.1. The molecule has 1 rings (SSSR count). The molecule has 0 bridgehead atoms. The second-order valence-corrected chi connectivity index (χ2v) is 5.85. The van der Waals surface area contributed by atoms with E-state index >= 15 is 0 Å². The molecule has 0 aliphatic carbocycles. The number of halogens is 1. The van der Waals surface area contributed by atoms with Crippen molar-refractivity contribution in [3.8, 4) is 5.75 Å². The van der Waals surface area contributed by atoms with Gasteiger partial charge in [0, 0.05) is 34.4 Å². The Hall–Kier alpha value is -0.940. The van der Waals surface area contributed by atoms with E-state index < -0.39 is 10.8 Å². The molecular formula is C12H18FNO2S. The van der Waals surface area contributed by atoms with Crippen molar-refractivity contribution >= 4 is 10.8 Å². The van der Waals surface area contributed by atoms with Crippen molar-refractivity contribution in [2.24, 2.45) is 0 Å². The molecular weight excluding hydrogens is 241 g/mol. The van der Waals surface area contributed by atoms with Gasteiger partial charge in [-0.25, -0.2) is 4.39 Å². The quantitative estimate of drug-likeness (QED) is 0.766. The van der Waals surface area contributed by atoms with Crippen molar-refractivity contribution in [1.29, 1.82) is 0 Å². The fourth-order valence-corrected chi connectivity index (χ4v) is 1.84. The van der Waals surface area contributed by atoms with Crippen LogP contribution in [0.2, 0.25) is 0 Å². The number of phenols is 1. The molecule has 0 radical (unpaired) electrons. The Balaban J connectivity index is 2.36. The number of nitrogens with one attached hydrogen (secondary N) is 1. The molecule has 17 heavy (non-hydrogen) atoms. The van der Waals surface area contributed by atoms with Crippen molar-refractivity contribution in [3.63, 3.8) is 0 Å². The van der Waals surface area contributed by atoms with Crippen molar-refractivity contribution < 1.29 is 13.7 Å². The van der Waals surface area contributed by atoms with Gasteiger partial charge in [0.1, 0.15) is 11.6 Å². The van der Waals surface area contributed by atoms with Gasteiger partial charge in [-0.05, 0) is 31.2 Å². The van der Waals surface area contributed by atoms with Gasteiger partial charge in [-0.2, -0.15) is 0 Å². The summed E-state index contributed by atoms with van der Waals surface area (Å²) in [5.74, 6) is -0.270. The minimum Gasteiger partial charge on any atom is -0.508 e. The van der Waals surface area contributed by atoms with Crippen LogP contribution in [0.4, 0.5) is 4.39 Å². The normalized spacial score (nSPS) is 14.5. The SMILES string of the molecule is CC(CCNCc1cc(F)ccc1O)S(C)=O. The molecule has 0 aromatic heterocycles. The first-order chi connectivity index (χ1) is 8.00. The summed E-state index contributed by atoms with van der Waals surface area (Å²) >= 11 is 0. The third-order valence-corrected chi connectivity index (χ3v) is 4.02. The Morgan fingerprint density at radius 1 is 1.53 bits per heavy atom. The fraction of sp³-hybridized carbons (Fsp3) is 0.500. The molecule has 3 nitrogen and oxygen atoms in total. The largest absolute Gasteiger partial charge is 0.508 e. The average molecular weight is 259 g/mol. The van der Waals surface area contributed by atoms with E-state index in [-0.39, 0.29) is 16.8 Å². The molecule has 0 aliphatic heterocycles. The van der Waals surface area contributed by atoms with Crippen LogP contribution in [-0.2, 0) is 17.3 Å². The minimum atomic E-state index is -0.816. The molecule has 96 valence electrons. The topological polar surface area (TPSA) is 49.3 Å². The van der Waals surface area contributed by atoms with Crippen LogP contribution in [0, 0.1) is 5.82 Å². The van der Waals surface area contributed by atoms with E-state index in [1.807, 2.05) is 6.92 Å². The lowest BCUT2D eigenvalue weighted by molar-refractivity contribution is 0.461. The van der Waals surface area contributed by atoms with Crippen LogP contribution in [0.1, 0.15) is 18.9 Å². The molecule has 0 spiro atoms. The summed E-state index contributed by atoms with van der Waals surface area (Å²) in [5, 5.41) is 12.7. The maximum absolute atomic E-state index is 12.9. The third-order valence-electron chi connectivity index (χ3n) is 2.65. The molecule has 0 heterocycles. The highest BCUT2D eigenvalue weighted by Gasteiger charge is 2.06. The van der Waals surface area contributed by atoms with E-state index in [0.29, 0.717) is 18.7 Å². The van der Waals surface area contributed by atoms with Gasteiger partial charge in [-0.1, -0.05) is 6.92 Å².